The van der Waals surface area contributed by atoms with Crippen LogP contribution in [0.4, 0.5) is 0 Å². The minimum absolute atomic E-state index is 0.236. The molecule has 1 atom stereocenters. The zero-order valence-corrected chi connectivity index (χ0v) is 16.4. The van der Waals surface area contributed by atoms with Crippen LogP contribution in [-0.2, 0) is 0 Å². The van der Waals surface area contributed by atoms with Gasteiger partial charge in [0.05, 0.1) is 30.5 Å². The molecular formula is C19H19N7O2S. The molecule has 10 heteroatoms. The van der Waals surface area contributed by atoms with Crippen LogP contribution in [0.5, 0.6) is 6.01 Å². The molecule has 29 heavy (non-hydrogen) atoms. The molecule has 2 aliphatic carbocycles. The molecule has 2 aliphatic rings. The van der Waals surface area contributed by atoms with E-state index in [1.165, 1.54) is 11.3 Å². The van der Waals surface area contributed by atoms with E-state index in [9.17, 15) is 5.11 Å². The summed E-state index contributed by atoms with van der Waals surface area (Å²) in [5.41, 5.74) is 1.99. The molecule has 9 nitrogen and oxygen atoms in total. The highest BCUT2D eigenvalue weighted by Crippen LogP contribution is 2.47. The SMILES string of the molecule is OC(c1cn(-c2cnc(OC3CCC3)nc2)nn1)c1c(C2CC2)sc2cncn12. The third-order valence-electron chi connectivity index (χ3n) is 5.53. The molecule has 0 radical (unpaired) electrons. The fourth-order valence-corrected chi connectivity index (χ4v) is 4.82. The molecule has 0 aliphatic heterocycles. The number of nitrogens with zero attached hydrogens (tertiary/aromatic N) is 7. The highest BCUT2D eigenvalue weighted by molar-refractivity contribution is 7.17. The Morgan fingerprint density at radius 2 is 1.97 bits per heavy atom. The fourth-order valence-electron chi connectivity index (χ4n) is 3.52. The lowest BCUT2D eigenvalue weighted by atomic mass is 9.96. The zero-order chi connectivity index (χ0) is 19.4. The minimum Gasteiger partial charge on any atom is -0.460 e. The van der Waals surface area contributed by atoms with Gasteiger partial charge in [0.25, 0.3) is 0 Å². The molecule has 2 saturated carbocycles. The monoisotopic (exact) mass is 409 g/mol. The number of rotatable bonds is 6. The molecule has 4 aromatic heterocycles. The summed E-state index contributed by atoms with van der Waals surface area (Å²) in [5, 5.41) is 19.4. The van der Waals surface area contributed by atoms with Crippen molar-refractivity contribution in [1.82, 2.24) is 34.3 Å². The summed E-state index contributed by atoms with van der Waals surface area (Å²) >= 11 is 1.69. The predicted octanol–water partition coefficient (Wildman–Crippen LogP) is 2.66. The Bertz CT molecular complexity index is 1160. The van der Waals surface area contributed by atoms with E-state index in [1.54, 1.807) is 40.9 Å². The Kier molecular flexibility index (Phi) is 3.88. The Morgan fingerprint density at radius 3 is 2.69 bits per heavy atom. The van der Waals surface area contributed by atoms with Gasteiger partial charge in [-0.3, -0.25) is 4.40 Å². The largest absolute Gasteiger partial charge is 0.460 e. The first-order chi connectivity index (χ1) is 14.3. The standard InChI is InChI=1S/C19H19N7O2S/c27-17(16-18(11-4-5-11)29-15-8-20-10-25(15)16)14-9-26(24-23-14)12-6-21-19(22-7-12)28-13-2-1-3-13/h6-11,13,17,27H,1-5H2. The van der Waals surface area contributed by atoms with E-state index in [-0.39, 0.29) is 6.10 Å². The van der Waals surface area contributed by atoms with Crippen molar-refractivity contribution in [3.63, 3.8) is 0 Å². The zero-order valence-electron chi connectivity index (χ0n) is 15.5. The van der Waals surface area contributed by atoms with Crippen LogP contribution in [0.25, 0.3) is 10.5 Å². The number of aliphatic hydroxyl groups excluding tert-OH is 1. The second-order valence-corrected chi connectivity index (χ2v) is 8.68. The number of fused-ring (bicyclic) bond motifs is 1. The summed E-state index contributed by atoms with van der Waals surface area (Å²) in [6.45, 7) is 0. The van der Waals surface area contributed by atoms with Crippen molar-refractivity contribution >= 4 is 16.2 Å². The van der Waals surface area contributed by atoms with Crippen LogP contribution in [0.2, 0.25) is 0 Å². The van der Waals surface area contributed by atoms with Gasteiger partial charge in [-0.1, -0.05) is 5.21 Å². The molecule has 0 bridgehead atoms. The third kappa shape index (κ3) is 2.99. The van der Waals surface area contributed by atoms with Crippen molar-refractivity contribution in [2.75, 3.05) is 0 Å². The van der Waals surface area contributed by atoms with Crippen molar-refractivity contribution in [1.29, 1.82) is 0 Å². The second kappa shape index (κ2) is 6.60. The van der Waals surface area contributed by atoms with Crippen LogP contribution in [0.1, 0.15) is 60.4 Å². The molecule has 0 saturated heterocycles. The number of imidazole rings is 1. The van der Waals surface area contributed by atoms with Crippen LogP contribution >= 0.6 is 11.3 Å². The Labute approximate surface area is 170 Å². The summed E-state index contributed by atoms with van der Waals surface area (Å²) in [7, 11) is 0. The molecular weight excluding hydrogens is 390 g/mol. The lowest BCUT2D eigenvalue weighted by Crippen LogP contribution is -2.25. The highest BCUT2D eigenvalue weighted by Gasteiger charge is 2.33. The van der Waals surface area contributed by atoms with E-state index < -0.39 is 6.10 Å². The van der Waals surface area contributed by atoms with Gasteiger partial charge in [0, 0.05) is 4.88 Å². The number of hydrogen-bond donors (Lipinski definition) is 1. The van der Waals surface area contributed by atoms with E-state index in [2.05, 4.69) is 25.3 Å². The van der Waals surface area contributed by atoms with Gasteiger partial charge < -0.3 is 9.84 Å². The summed E-state index contributed by atoms with van der Waals surface area (Å²) < 4.78 is 9.22. The molecule has 1 N–H and O–H groups in total. The van der Waals surface area contributed by atoms with E-state index in [1.807, 2.05) is 10.6 Å². The van der Waals surface area contributed by atoms with Gasteiger partial charge in [-0.05, 0) is 38.0 Å². The molecule has 4 aromatic rings. The van der Waals surface area contributed by atoms with E-state index in [0.717, 1.165) is 36.2 Å². The Balaban J connectivity index is 1.27. The number of aromatic nitrogens is 7. The first-order valence-electron chi connectivity index (χ1n) is 9.80. The molecule has 1 unspecified atom stereocenters. The first kappa shape index (κ1) is 17.0. The molecule has 6 rings (SSSR count). The summed E-state index contributed by atoms with van der Waals surface area (Å²) in [6.07, 6.45) is 13.6. The van der Waals surface area contributed by atoms with Gasteiger partial charge in [0.1, 0.15) is 34.7 Å². The average molecular weight is 409 g/mol. The molecule has 148 valence electrons. The molecule has 0 amide bonds. The highest BCUT2D eigenvalue weighted by atomic mass is 32.1. The van der Waals surface area contributed by atoms with Crippen LogP contribution in [0.3, 0.4) is 0 Å². The first-order valence-corrected chi connectivity index (χ1v) is 10.6. The predicted molar refractivity (Wildman–Crippen MR) is 104 cm³/mol. The van der Waals surface area contributed by atoms with Gasteiger partial charge in [-0.25, -0.2) is 19.6 Å². The van der Waals surface area contributed by atoms with Crippen LogP contribution in [0.15, 0.2) is 31.1 Å². The van der Waals surface area contributed by atoms with E-state index in [4.69, 9.17) is 4.74 Å². The maximum absolute atomic E-state index is 11.1. The normalized spacial score (nSPS) is 18.1. The quantitative estimate of drug-likeness (QED) is 0.522. The maximum Gasteiger partial charge on any atom is 0.316 e. The summed E-state index contributed by atoms with van der Waals surface area (Å²) in [4.78, 5) is 15.0. The van der Waals surface area contributed by atoms with Crippen LogP contribution < -0.4 is 4.74 Å². The van der Waals surface area contributed by atoms with Gasteiger partial charge in [0.2, 0.25) is 0 Å². The van der Waals surface area contributed by atoms with Gasteiger partial charge in [0.15, 0.2) is 0 Å². The van der Waals surface area contributed by atoms with Crippen molar-refractivity contribution in [2.24, 2.45) is 0 Å². The molecule has 0 aromatic carbocycles. The van der Waals surface area contributed by atoms with Gasteiger partial charge >= 0.3 is 6.01 Å². The lowest BCUT2D eigenvalue weighted by molar-refractivity contribution is 0.108. The molecule has 0 spiro atoms. The van der Waals surface area contributed by atoms with E-state index >= 15 is 0 Å². The maximum atomic E-state index is 11.1. The topological polar surface area (TPSA) is 103 Å². The molecule has 2 fully saturated rings. The van der Waals surface area contributed by atoms with Crippen LogP contribution in [0, 0.1) is 0 Å². The Morgan fingerprint density at radius 1 is 1.14 bits per heavy atom. The number of aliphatic hydroxyl groups is 1. The number of hydrogen-bond acceptors (Lipinski definition) is 8. The van der Waals surface area contributed by atoms with Crippen molar-refractivity contribution < 1.29 is 9.84 Å². The fraction of sp³-hybridized carbons (Fsp3) is 0.421. The summed E-state index contributed by atoms with van der Waals surface area (Å²) in [6, 6.07) is 0.383. The van der Waals surface area contributed by atoms with Crippen molar-refractivity contribution in [3.05, 3.63) is 47.4 Å². The average Bonchev–Trinajstić information content (AvgIpc) is 3.12. The molecule has 4 heterocycles. The van der Waals surface area contributed by atoms with Gasteiger partial charge in [-0.2, -0.15) is 0 Å². The van der Waals surface area contributed by atoms with E-state index in [0.29, 0.717) is 23.3 Å². The van der Waals surface area contributed by atoms with Crippen molar-refractivity contribution in [3.8, 4) is 11.7 Å². The van der Waals surface area contributed by atoms with Gasteiger partial charge in [-0.15, -0.1) is 16.4 Å². The van der Waals surface area contributed by atoms with Crippen molar-refractivity contribution in [2.45, 2.75) is 50.2 Å². The number of thiazole rings is 1. The summed E-state index contributed by atoms with van der Waals surface area (Å²) in [5.74, 6) is 0.524. The second-order valence-electron chi connectivity index (χ2n) is 7.61. The smallest absolute Gasteiger partial charge is 0.316 e. The Hall–Kier alpha value is -2.85. The minimum atomic E-state index is -0.871. The third-order valence-corrected chi connectivity index (χ3v) is 6.81. The number of ether oxygens (including phenoxy) is 1. The van der Waals surface area contributed by atoms with Crippen LogP contribution in [-0.4, -0.2) is 45.6 Å². The lowest BCUT2D eigenvalue weighted by Gasteiger charge is -2.24.